The summed E-state index contributed by atoms with van der Waals surface area (Å²) in [6.07, 6.45) is -3.17. The van der Waals surface area contributed by atoms with Gasteiger partial charge in [0, 0.05) is 5.92 Å². The number of hydrogen-bond donors (Lipinski definition) is 2. The van der Waals surface area contributed by atoms with Crippen LogP contribution in [0, 0.1) is 5.92 Å². The molecule has 2 unspecified atom stereocenters. The maximum Gasteiger partial charge on any atom is 0.416 e. The number of carboxylic acid groups (broad SMARTS) is 1. The summed E-state index contributed by atoms with van der Waals surface area (Å²) in [4.78, 5) is 23.1. The molecule has 0 saturated heterocycles. The summed E-state index contributed by atoms with van der Waals surface area (Å²) in [7, 11) is 0. The molecule has 2 atom stereocenters. The highest BCUT2D eigenvalue weighted by Crippen LogP contribution is 2.49. The van der Waals surface area contributed by atoms with Crippen molar-refractivity contribution in [3.05, 3.63) is 35.4 Å². The van der Waals surface area contributed by atoms with Crippen molar-refractivity contribution in [2.45, 2.75) is 36.9 Å². The zero-order valence-electron chi connectivity index (χ0n) is 11.5. The van der Waals surface area contributed by atoms with Crippen molar-refractivity contribution in [1.29, 1.82) is 0 Å². The number of nitrogens with one attached hydrogen (secondary N) is 1. The summed E-state index contributed by atoms with van der Waals surface area (Å²) < 4.78 is 38.0. The number of amides is 1. The molecule has 0 heterocycles. The molecule has 3 rings (SSSR count). The van der Waals surface area contributed by atoms with Gasteiger partial charge in [-0.15, -0.1) is 0 Å². The van der Waals surface area contributed by atoms with Gasteiger partial charge in [0.05, 0.1) is 5.56 Å². The Balaban J connectivity index is 1.67. The van der Waals surface area contributed by atoms with Crippen molar-refractivity contribution >= 4 is 11.9 Å². The number of alkyl halides is 3. The highest BCUT2D eigenvalue weighted by Gasteiger charge is 2.54. The number of halogens is 3. The van der Waals surface area contributed by atoms with Crippen LogP contribution in [0.2, 0.25) is 0 Å². The molecule has 0 radical (unpaired) electrons. The molecular formula is C15H14F3NO3. The standard InChI is InChI=1S/C15H14F3NO3/c16-15(17,18)9-3-1-2-8(6-9)10-7-11(10)12(20)19-14(4-5-14)13(21)22/h1-3,6,10-11H,4-5,7H2,(H,19,20)(H,21,22). The molecule has 2 fully saturated rings. The van der Waals surface area contributed by atoms with Crippen LogP contribution >= 0.6 is 0 Å². The molecule has 2 aliphatic carbocycles. The van der Waals surface area contributed by atoms with Crippen LogP contribution < -0.4 is 5.32 Å². The van der Waals surface area contributed by atoms with Crippen LogP contribution in [0.5, 0.6) is 0 Å². The van der Waals surface area contributed by atoms with E-state index in [1.54, 1.807) is 6.07 Å². The lowest BCUT2D eigenvalue weighted by Gasteiger charge is -2.12. The van der Waals surface area contributed by atoms with E-state index in [4.69, 9.17) is 5.11 Å². The number of carbonyl (C=O) groups excluding carboxylic acids is 1. The van der Waals surface area contributed by atoms with E-state index in [0.29, 0.717) is 24.8 Å². The van der Waals surface area contributed by atoms with Gasteiger partial charge in [-0.1, -0.05) is 18.2 Å². The highest BCUT2D eigenvalue weighted by atomic mass is 19.4. The molecule has 2 N–H and O–H groups in total. The Hall–Kier alpha value is -2.05. The number of rotatable bonds is 4. The molecule has 2 saturated carbocycles. The van der Waals surface area contributed by atoms with Gasteiger partial charge in [0.25, 0.3) is 0 Å². The summed E-state index contributed by atoms with van der Waals surface area (Å²) in [5, 5.41) is 11.5. The smallest absolute Gasteiger partial charge is 0.416 e. The fraction of sp³-hybridized carbons (Fsp3) is 0.467. The molecule has 0 bridgehead atoms. The van der Waals surface area contributed by atoms with Crippen molar-refractivity contribution < 1.29 is 27.9 Å². The summed E-state index contributed by atoms with van der Waals surface area (Å²) in [5.74, 6) is -2.16. The van der Waals surface area contributed by atoms with E-state index in [-0.39, 0.29) is 11.8 Å². The van der Waals surface area contributed by atoms with Crippen LogP contribution in [0.25, 0.3) is 0 Å². The predicted octanol–water partition coefficient (Wildman–Crippen LogP) is 2.54. The summed E-state index contributed by atoms with van der Waals surface area (Å²) in [6, 6.07) is 4.94. The zero-order chi connectivity index (χ0) is 16.1. The van der Waals surface area contributed by atoms with Gasteiger partial charge in [-0.3, -0.25) is 4.79 Å². The van der Waals surface area contributed by atoms with E-state index in [1.807, 2.05) is 0 Å². The van der Waals surface area contributed by atoms with Gasteiger partial charge in [0.15, 0.2) is 0 Å². The first kappa shape index (κ1) is 14.9. The molecule has 22 heavy (non-hydrogen) atoms. The average molecular weight is 313 g/mol. The second-order valence-corrected chi connectivity index (χ2v) is 5.95. The van der Waals surface area contributed by atoms with Gasteiger partial charge < -0.3 is 10.4 Å². The van der Waals surface area contributed by atoms with E-state index < -0.39 is 29.2 Å². The molecule has 4 nitrogen and oxygen atoms in total. The topological polar surface area (TPSA) is 66.4 Å². The minimum absolute atomic E-state index is 0.271. The third-order valence-corrected chi connectivity index (χ3v) is 4.29. The summed E-state index contributed by atoms with van der Waals surface area (Å²) in [6.45, 7) is 0. The second kappa shape index (κ2) is 4.72. The van der Waals surface area contributed by atoms with Gasteiger partial charge >= 0.3 is 12.1 Å². The Morgan fingerprint density at radius 2 is 1.95 bits per heavy atom. The van der Waals surface area contributed by atoms with Gasteiger partial charge in [-0.25, -0.2) is 4.79 Å². The Morgan fingerprint density at radius 1 is 1.27 bits per heavy atom. The second-order valence-electron chi connectivity index (χ2n) is 5.95. The van der Waals surface area contributed by atoms with Crippen LogP contribution in [-0.4, -0.2) is 22.5 Å². The minimum atomic E-state index is -4.41. The normalized spacial score (nSPS) is 25.4. The predicted molar refractivity (Wildman–Crippen MR) is 70.0 cm³/mol. The molecule has 2 aliphatic rings. The van der Waals surface area contributed by atoms with Gasteiger partial charge in [0.1, 0.15) is 5.54 Å². The number of carboxylic acids is 1. The number of benzene rings is 1. The van der Waals surface area contributed by atoms with Crippen molar-refractivity contribution in [1.82, 2.24) is 5.32 Å². The van der Waals surface area contributed by atoms with Crippen molar-refractivity contribution in [2.24, 2.45) is 5.92 Å². The van der Waals surface area contributed by atoms with Gasteiger partial charge in [-0.05, 0) is 36.8 Å². The molecule has 118 valence electrons. The number of aliphatic carboxylic acids is 1. The van der Waals surface area contributed by atoms with E-state index in [0.717, 1.165) is 12.1 Å². The molecule has 7 heteroatoms. The largest absolute Gasteiger partial charge is 0.480 e. The Labute approximate surface area is 124 Å². The quantitative estimate of drug-likeness (QED) is 0.898. The summed E-state index contributed by atoms with van der Waals surface area (Å²) in [5.41, 5.74) is -1.42. The molecule has 1 amide bonds. The highest BCUT2D eigenvalue weighted by molar-refractivity contribution is 5.92. The van der Waals surface area contributed by atoms with Crippen molar-refractivity contribution in [3.8, 4) is 0 Å². The third-order valence-electron chi connectivity index (χ3n) is 4.29. The van der Waals surface area contributed by atoms with Gasteiger partial charge in [-0.2, -0.15) is 13.2 Å². The van der Waals surface area contributed by atoms with Crippen molar-refractivity contribution in [3.63, 3.8) is 0 Å². The maximum absolute atomic E-state index is 12.7. The Kier molecular flexibility index (Phi) is 3.19. The first-order chi connectivity index (χ1) is 10.2. The fourth-order valence-electron chi connectivity index (χ4n) is 2.64. The number of hydrogen-bond acceptors (Lipinski definition) is 2. The molecule has 1 aromatic rings. The third kappa shape index (κ3) is 2.67. The molecule has 0 spiro atoms. The molecular weight excluding hydrogens is 299 g/mol. The summed E-state index contributed by atoms with van der Waals surface area (Å²) >= 11 is 0. The minimum Gasteiger partial charge on any atom is -0.480 e. The zero-order valence-corrected chi connectivity index (χ0v) is 11.5. The van der Waals surface area contributed by atoms with E-state index in [2.05, 4.69) is 5.32 Å². The number of carbonyl (C=O) groups is 2. The maximum atomic E-state index is 12.7. The lowest BCUT2D eigenvalue weighted by Crippen LogP contribution is -2.43. The Bertz CT molecular complexity index is 637. The van der Waals surface area contributed by atoms with E-state index >= 15 is 0 Å². The first-order valence-corrected chi connectivity index (χ1v) is 6.95. The lowest BCUT2D eigenvalue weighted by atomic mass is 10.0. The SMILES string of the molecule is O=C(NC1(C(=O)O)CC1)C1CC1c1cccc(C(F)(F)F)c1. The van der Waals surface area contributed by atoms with Crippen LogP contribution in [0.3, 0.4) is 0 Å². The van der Waals surface area contributed by atoms with Crippen LogP contribution in [0.4, 0.5) is 13.2 Å². The first-order valence-electron chi connectivity index (χ1n) is 6.95. The monoisotopic (exact) mass is 313 g/mol. The molecule has 0 aliphatic heterocycles. The molecule has 0 aromatic heterocycles. The van der Waals surface area contributed by atoms with Crippen molar-refractivity contribution in [2.75, 3.05) is 0 Å². The van der Waals surface area contributed by atoms with E-state index in [1.165, 1.54) is 6.07 Å². The molecule has 1 aromatic carbocycles. The van der Waals surface area contributed by atoms with Crippen LogP contribution in [-0.2, 0) is 15.8 Å². The Morgan fingerprint density at radius 3 is 2.50 bits per heavy atom. The van der Waals surface area contributed by atoms with Gasteiger partial charge in [0.2, 0.25) is 5.91 Å². The fourth-order valence-corrected chi connectivity index (χ4v) is 2.64. The van der Waals surface area contributed by atoms with Crippen LogP contribution in [0.1, 0.15) is 36.3 Å². The lowest BCUT2D eigenvalue weighted by molar-refractivity contribution is -0.143. The van der Waals surface area contributed by atoms with E-state index in [9.17, 15) is 22.8 Å². The average Bonchev–Trinajstić information content (AvgIpc) is 3.32. The van der Waals surface area contributed by atoms with Crippen LogP contribution in [0.15, 0.2) is 24.3 Å².